The minimum atomic E-state index is -3.67. The Balaban J connectivity index is 1.81. The second-order valence-electron chi connectivity index (χ2n) is 6.17. The molecule has 0 bridgehead atoms. The summed E-state index contributed by atoms with van der Waals surface area (Å²) in [6.45, 7) is 2.45. The molecule has 1 aliphatic rings. The van der Waals surface area contributed by atoms with Crippen molar-refractivity contribution in [1.29, 1.82) is 0 Å². The first-order chi connectivity index (χ1) is 12.4. The molecule has 0 radical (unpaired) electrons. The van der Waals surface area contributed by atoms with Crippen molar-refractivity contribution in [1.82, 2.24) is 4.31 Å². The van der Waals surface area contributed by atoms with Gasteiger partial charge in [0.15, 0.2) is 5.78 Å². The number of Topliss-reactive ketones (excluding diaryl/α,β-unsaturated/α-hetero) is 1. The summed E-state index contributed by atoms with van der Waals surface area (Å²) in [5.74, 6) is -0.526. The van der Waals surface area contributed by atoms with Gasteiger partial charge in [0.1, 0.15) is 9.77 Å². The highest BCUT2D eigenvalue weighted by Crippen LogP contribution is 2.28. The molecule has 1 aromatic heterocycles. The first-order valence-corrected chi connectivity index (χ1v) is 10.7. The molecule has 3 rings (SSSR count). The second kappa shape index (κ2) is 7.69. The van der Waals surface area contributed by atoms with Crippen LogP contribution in [0.1, 0.15) is 46.2 Å². The van der Waals surface area contributed by atoms with Crippen LogP contribution in [0.3, 0.4) is 0 Å². The van der Waals surface area contributed by atoms with Gasteiger partial charge in [0.05, 0.1) is 0 Å². The largest absolute Gasteiger partial charge is 0.321 e. The molecule has 138 valence electrons. The van der Waals surface area contributed by atoms with Crippen LogP contribution < -0.4 is 5.32 Å². The summed E-state index contributed by atoms with van der Waals surface area (Å²) in [5.41, 5.74) is 1.06. The van der Waals surface area contributed by atoms with E-state index in [1.54, 1.807) is 29.6 Å². The minimum absolute atomic E-state index is 0.0576. The highest BCUT2D eigenvalue weighted by Gasteiger charge is 2.31. The molecule has 1 aromatic carbocycles. The topological polar surface area (TPSA) is 83.5 Å². The number of piperidine rings is 1. The molecule has 1 fully saturated rings. The lowest BCUT2D eigenvalue weighted by molar-refractivity contribution is 0.101. The number of hydrogen-bond donors (Lipinski definition) is 1. The summed E-state index contributed by atoms with van der Waals surface area (Å²) in [7, 11) is -3.67. The lowest BCUT2D eigenvalue weighted by Gasteiger charge is -2.25. The molecule has 2 heterocycles. The van der Waals surface area contributed by atoms with Crippen LogP contribution in [-0.2, 0) is 10.0 Å². The third-order valence-corrected chi connectivity index (χ3v) is 7.30. The standard InChI is InChI=1S/C18H20N2O4S2/c1-13(21)14-5-7-15(8-6-14)19-18(22)17-16(9-12-25-17)26(23,24)20-10-3-2-4-11-20/h5-9,12H,2-4,10-11H2,1H3,(H,19,22). The van der Waals surface area contributed by atoms with Gasteiger partial charge in [0.2, 0.25) is 10.0 Å². The van der Waals surface area contributed by atoms with Crippen LogP contribution in [0.2, 0.25) is 0 Å². The summed E-state index contributed by atoms with van der Waals surface area (Å²) in [5, 5.41) is 4.32. The predicted molar refractivity (Wildman–Crippen MR) is 101 cm³/mol. The number of ketones is 1. The lowest BCUT2D eigenvalue weighted by Crippen LogP contribution is -2.36. The van der Waals surface area contributed by atoms with Crippen LogP contribution in [0.4, 0.5) is 5.69 Å². The van der Waals surface area contributed by atoms with Gasteiger partial charge in [-0.15, -0.1) is 11.3 Å². The normalized spacial score (nSPS) is 15.6. The summed E-state index contributed by atoms with van der Waals surface area (Å²) in [6.07, 6.45) is 2.71. The Kier molecular flexibility index (Phi) is 5.55. The monoisotopic (exact) mass is 392 g/mol. The maximum Gasteiger partial charge on any atom is 0.267 e. The minimum Gasteiger partial charge on any atom is -0.321 e. The van der Waals surface area contributed by atoms with E-state index in [4.69, 9.17) is 0 Å². The van der Waals surface area contributed by atoms with Gasteiger partial charge in [-0.25, -0.2) is 8.42 Å². The van der Waals surface area contributed by atoms with Crippen LogP contribution in [-0.4, -0.2) is 37.5 Å². The molecule has 1 saturated heterocycles. The van der Waals surface area contributed by atoms with Gasteiger partial charge >= 0.3 is 0 Å². The van der Waals surface area contributed by atoms with Gasteiger partial charge in [-0.05, 0) is 55.5 Å². The van der Waals surface area contributed by atoms with Crippen molar-refractivity contribution >= 4 is 38.7 Å². The van der Waals surface area contributed by atoms with Crippen molar-refractivity contribution in [2.75, 3.05) is 18.4 Å². The number of amides is 1. The number of carbonyl (C=O) groups excluding carboxylic acids is 2. The van der Waals surface area contributed by atoms with E-state index in [1.807, 2.05) is 0 Å². The fourth-order valence-corrected chi connectivity index (χ4v) is 5.70. The molecule has 0 atom stereocenters. The van der Waals surface area contributed by atoms with Crippen molar-refractivity contribution in [2.24, 2.45) is 0 Å². The van der Waals surface area contributed by atoms with Gasteiger partial charge in [-0.3, -0.25) is 9.59 Å². The first kappa shape index (κ1) is 18.8. The van der Waals surface area contributed by atoms with Crippen LogP contribution in [0, 0.1) is 0 Å². The van der Waals surface area contributed by atoms with Crippen molar-refractivity contribution in [3.8, 4) is 0 Å². The van der Waals surface area contributed by atoms with E-state index in [-0.39, 0.29) is 15.6 Å². The highest BCUT2D eigenvalue weighted by molar-refractivity contribution is 7.89. The molecule has 0 unspecified atom stereocenters. The number of rotatable bonds is 5. The van der Waals surface area contributed by atoms with Crippen molar-refractivity contribution in [3.05, 3.63) is 46.2 Å². The number of carbonyl (C=O) groups is 2. The van der Waals surface area contributed by atoms with Gasteiger partial charge in [0.25, 0.3) is 5.91 Å². The SMILES string of the molecule is CC(=O)c1ccc(NC(=O)c2sccc2S(=O)(=O)N2CCCCC2)cc1. The van der Waals surface area contributed by atoms with E-state index in [0.29, 0.717) is 24.3 Å². The fourth-order valence-electron chi connectivity index (χ4n) is 2.89. The van der Waals surface area contributed by atoms with Gasteiger partial charge in [0, 0.05) is 24.3 Å². The number of anilines is 1. The van der Waals surface area contributed by atoms with Gasteiger partial charge < -0.3 is 5.32 Å². The van der Waals surface area contributed by atoms with Crippen LogP contribution in [0.25, 0.3) is 0 Å². The summed E-state index contributed by atoms with van der Waals surface area (Å²) in [4.78, 5) is 24.1. The average Bonchev–Trinajstić information content (AvgIpc) is 3.14. The van der Waals surface area contributed by atoms with Crippen molar-refractivity contribution in [2.45, 2.75) is 31.1 Å². The first-order valence-electron chi connectivity index (χ1n) is 8.39. The molecular formula is C18H20N2O4S2. The van der Waals surface area contributed by atoms with Crippen LogP contribution >= 0.6 is 11.3 Å². The molecule has 2 aromatic rings. The zero-order valence-corrected chi connectivity index (χ0v) is 16.0. The molecule has 0 aliphatic carbocycles. The Morgan fingerprint density at radius 3 is 2.31 bits per heavy atom. The Morgan fingerprint density at radius 2 is 1.69 bits per heavy atom. The smallest absolute Gasteiger partial charge is 0.267 e. The maximum absolute atomic E-state index is 12.9. The molecule has 26 heavy (non-hydrogen) atoms. The summed E-state index contributed by atoms with van der Waals surface area (Å²) < 4.78 is 27.2. The second-order valence-corrected chi connectivity index (χ2v) is 8.99. The van der Waals surface area contributed by atoms with E-state index < -0.39 is 15.9 Å². The molecule has 0 saturated carbocycles. The quantitative estimate of drug-likeness (QED) is 0.791. The summed E-state index contributed by atoms with van der Waals surface area (Å²) >= 11 is 1.10. The van der Waals surface area contributed by atoms with E-state index in [1.165, 1.54) is 17.3 Å². The Bertz CT molecular complexity index is 911. The number of hydrogen-bond acceptors (Lipinski definition) is 5. The summed E-state index contributed by atoms with van der Waals surface area (Å²) in [6, 6.07) is 7.99. The van der Waals surface area contributed by atoms with E-state index in [9.17, 15) is 18.0 Å². The molecule has 1 aliphatic heterocycles. The van der Waals surface area contributed by atoms with Crippen molar-refractivity contribution in [3.63, 3.8) is 0 Å². The van der Waals surface area contributed by atoms with E-state index in [0.717, 1.165) is 30.6 Å². The van der Waals surface area contributed by atoms with Gasteiger partial charge in [-0.2, -0.15) is 4.31 Å². The average molecular weight is 393 g/mol. The fraction of sp³-hybridized carbons (Fsp3) is 0.333. The maximum atomic E-state index is 12.9. The number of nitrogens with zero attached hydrogens (tertiary/aromatic N) is 1. The Labute approximate surface area is 156 Å². The molecule has 1 N–H and O–H groups in total. The van der Waals surface area contributed by atoms with Crippen molar-refractivity contribution < 1.29 is 18.0 Å². The molecule has 8 heteroatoms. The number of benzene rings is 1. The Hall–Kier alpha value is -2.03. The van der Waals surface area contributed by atoms with E-state index in [2.05, 4.69) is 5.32 Å². The zero-order chi connectivity index (χ0) is 18.7. The third kappa shape index (κ3) is 3.87. The Morgan fingerprint density at radius 1 is 1.04 bits per heavy atom. The molecule has 1 amide bonds. The van der Waals surface area contributed by atoms with Crippen LogP contribution in [0.5, 0.6) is 0 Å². The molecule has 0 spiro atoms. The van der Waals surface area contributed by atoms with Gasteiger partial charge in [-0.1, -0.05) is 6.42 Å². The lowest BCUT2D eigenvalue weighted by atomic mass is 10.1. The highest BCUT2D eigenvalue weighted by atomic mass is 32.2. The third-order valence-electron chi connectivity index (χ3n) is 4.32. The number of thiophene rings is 1. The predicted octanol–water partition coefficient (Wildman–Crippen LogP) is 3.38. The molecular weight excluding hydrogens is 372 g/mol. The number of sulfonamides is 1. The van der Waals surface area contributed by atoms with E-state index >= 15 is 0 Å². The van der Waals surface area contributed by atoms with Crippen LogP contribution in [0.15, 0.2) is 40.6 Å². The number of nitrogens with one attached hydrogen (secondary N) is 1. The zero-order valence-electron chi connectivity index (χ0n) is 14.4. The molecule has 6 nitrogen and oxygen atoms in total.